The number of amides is 3. The largest absolute Gasteiger partial charge is 0.346 e. The lowest BCUT2D eigenvalue weighted by atomic mass is 9.93. The van der Waals surface area contributed by atoms with Gasteiger partial charge in [0.05, 0.1) is 6.04 Å². The Balaban J connectivity index is 1.88. The molecule has 2 aliphatic heterocycles. The van der Waals surface area contributed by atoms with Gasteiger partial charge in [0.2, 0.25) is 0 Å². The van der Waals surface area contributed by atoms with Crippen LogP contribution in [0.25, 0.3) is 10.9 Å². The van der Waals surface area contributed by atoms with E-state index in [-0.39, 0.29) is 24.5 Å². The van der Waals surface area contributed by atoms with Crippen molar-refractivity contribution in [3.63, 3.8) is 0 Å². The maximum absolute atomic E-state index is 12.7. The van der Waals surface area contributed by atoms with E-state index in [2.05, 4.69) is 23.3 Å². The number of carbonyl (C=O) groups is 2. The number of hydrogen-bond donors (Lipinski definition) is 0. The fourth-order valence-electron chi connectivity index (χ4n) is 4.15. The van der Waals surface area contributed by atoms with Gasteiger partial charge in [-0.1, -0.05) is 24.3 Å². The summed E-state index contributed by atoms with van der Waals surface area (Å²) in [6.07, 6.45) is 2.18. The summed E-state index contributed by atoms with van der Waals surface area (Å²) in [5.74, 6) is -0.111. The zero-order valence-corrected chi connectivity index (χ0v) is 13.3. The number of para-hydroxylation sites is 1. The first-order chi connectivity index (χ1) is 11.1. The number of fused-ring (bicyclic) bond motifs is 4. The van der Waals surface area contributed by atoms with Crippen molar-refractivity contribution in [1.82, 2.24) is 14.4 Å². The highest BCUT2D eigenvalue weighted by molar-refractivity contribution is 6.05. The molecule has 0 N–H and O–H groups in total. The van der Waals surface area contributed by atoms with Gasteiger partial charge in [-0.25, -0.2) is 4.79 Å². The summed E-state index contributed by atoms with van der Waals surface area (Å²) < 4.78 is 2.15. The molecule has 5 nitrogen and oxygen atoms in total. The lowest BCUT2D eigenvalue weighted by Gasteiger charge is -2.34. The first kappa shape index (κ1) is 14.1. The number of imide groups is 1. The third-order valence-electron chi connectivity index (χ3n) is 5.12. The second-order valence-electron chi connectivity index (χ2n) is 6.26. The predicted octanol–water partition coefficient (Wildman–Crippen LogP) is 2.61. The van der Waals surface area contributed by atoms with Crippen LogP contribution in [0.1, 0.15) is 24.2 Å². The van der Waals surface area contributed by atoms with Crippen LogP contribution in [0, 0.1) is 0 Å². The quantitative estimate of drug-likeness (QED) is 0.632. The van der Waals surface area contributed by atoms with Crippen molar-refractivity contribution in [1.29, 1.82) is 0 Å². The van der Waals surface area contributed by atoms with E-state index in [0.29, 0.717) is 6.42 Å². The molecular weight excluding hydrogens is 290 g/mol. The van der Waals surface area contributed by atoms with Crippen molar-refractivity contribution in [3.05, 3.63) is 48.2 Å². The van der Waals surface area contributed by atoms with E-state index in [1.54, 1.807) is 11.0 Å². The third-order valence-corrected chi connectivity index (χ3v) is 5.12. The van der Waals surface area contributed by atoms with Gasteiger partial charge >= 0.3 is 6.03 Å². The average molecular weight is 309 g/mol. The molecule has 5 heteroatoms. The number of carbonyl (C=O) groups excluding carboxylic acids is 2. The van der Waals surface area contributed by atoms with E-state index < -0.39 is 6.04 Å². The topological polar surface area (TPSA) is 45.6 Å². The van der Waals surface area contributed by atoms with Gasteiger partial charge in [-0.05, 0) is 18.6 Å². The molecule has 3 heterocycles. The SMILES string of the molecule is C=CCN1C(=O)C2Cc3c(n(C)c4ccccc34)C(C)N2C1=O. The van der Waals surface area contributed by atoms with E-state index in [9.17, 15) is 9.59 Å². The van der Waals surface area contributed by atoms with Crippen LogP contribution < -0.4 is 0 Å². The molecule has 23 heavy (non-hydrogen) atoms. The molecule has 2 aromatic rings. The number of urea groups is 1. The fourth-order valence-corrected chi connectivity index (χ4v) is 4.15. The standard InChI is InChI=1S/C18H19N3O2/c1-4-9-20-17(22)15-10-13-12-7-5-6-8-14(12)19(3)16(13)11(2)21(15)18(20)23/h4-8,11,15H,1,9-10H2,2-3H3. The van der Waals surface area contributed by atoms with Crippen LogP contribution in [0.15, 0.2) is 36.9 Å². The number of aryl methyl sites for hydroxylation is 1. The molecule has 4 rings (SSSR count). The Kier molecular flexibility index (Phi) is 2.88. The van der Waals surface area contributed by atoms with Gasteiger partial charge in [0.1, 0.15) is 6.04 Å². The zero-order valence-electron chi connectivity index (χ0n) is 13.3. The van der Waals surface area contributed by atoms with E-state index in [0.717, 1.165) is 11.2 Å². The zero-order chi connectivity index (χ0) is 16.3. The normalized spacial score (nSPS) is 23.4. The van der Waals surface area contributed by atoms with Crippen molar-refractivity contribution in [2.45, 2.75) is 25.4 Å². The number of rotatable bonds is 2. The summed E-state index contributed by atoms with van der Waals surface area (Å²) in [4.78, 5) is 28.3. The fraction of sp³-hybridized carbons (Fsp3) is 0.333. The maximum atomic E-state index is 12.7. The lowest BCUT2D eigenvalue weighted by Crippen LogP contribution is -2.43. The predicted molar refractivity (Wildman–Crippen MR) is 88.0 cm³/mol. The second-order valence-corrected chi connectivity index (χ2v) is 6.26. The summed E-state index contributed by atoms with van der Waals surface area (Å²) in [7, 11) is 2.03. The van der Waals surface area contributed by atoms with E-state index >= 15 is 0 Å². The van der Waals surface area contributed by atoms with Crippen LogP contribution in [-0.2, 0) is 18.3 Å². The number of nitrogens with zero attached hydrogens (tertiary/aromatic N) is 3. The van der Waals surface area contributed by atoms with Crippen molar-refractivity contribution >= 4 is 22.8 Å². The van der Waals surface area contributed by atoms with Crippen LogP contribution in [0.2, 0.25) is 0 Å². The van der Waals surface area contributed by atoms with Crippen LogP contribution in [0.5, 0.6) is 0 Å². The van der Waals surface area contributed by atoms with Crippen LogP contribution in [0.3, 0.4) is 0 Å². The lowest BCUT2D eigenvalue weighted by molar-refractivity contribution is -0.128. The second kappa shape index (κ2) is 4.72. The Morgan fingerprint density at radius 1 is 1.30 bits per heavy atom. The molecule has 0 spiro atoms. The Morgan fingerprint density at radius 3 is 2.78 bits per heavy atom. The Morgan fingerprint density at radius 2 is 2.04 bits per heavy atom. The van der Waals surface area contributed by atoms with Gasteiger partial charge < -0.3 is 9.47 Å². The van der Waals surface area contributed by atoms with Gasteiger partial charge in [0, 0.05) is 36.6 Å². The van der Waals surface area contributed by atoms with E-state index in [1.165, 1.54) is 15.8 Å². The first-order valence-electron chi connectivity index (χ1n) is 7.87. The van der Waals surface area contributed by atoms with Crippen molar-refractivity contribution in [2.75, 3.05) is 6.54 Å². The maximum Gasteiger partial charge on any atom is 0.328 e. The van der Waals surface area contributed by atoms with Gasteiger partial charge in [-0.3, -0.25) is 9.69 Å². The summed E-state index contributed by atoms with van der Waals surface area (Å²) in [5.41, 5.74) is 3.47. The molecule has 2 atom stereocenters. The summed E-state index contributed by atoms with van der Waals surface area (Å²) >= 11 is 0. The third kappa shape index (κ3) is 1.67. The van der Waals surface area contributed by atoms with Gasteiger partial charge in [0.25, 0.3) is 5.91 Å². The van der Waals surface area contributed by atoms with Gasteiger partial charge in [-0.2, -0.15) is 0 Å². The highest BCUT2D eigenvalue weighted by Gasteiger charge is 2.50. The Bertz CT molecular complexity index is 851. The average Bonchev–Trinajstić information content (AvgIpc) is 2.97. The molecule has 1 aromatic carbocycles. The molecule has 118 valence electrons. The molecule has 0 aliphatic carbocycles. The first-order valence-corrected chi connectivity index (χ1v) is 7.87. The smallest absolute Gasteiger partial charge is 0.328 e. The van der Waals surface area contributed by atoms with Crippen LogP contribution in [0.4, 0.5) is 4.79 Å². The highest BCUT2D eigenvalue weighted by Crippen LogP contribution is 2.41. The molecule has 1 fully saturated rings. The summed E-state index contributed by atoms with van der Waals surface area (Å²) in [5, 5.41) is 1.18. The van der Waals surface area contributed by atoms with E-state index in [1.807, 2.05) is 26.1 Å². The van der Waals surface area contributed by atoms with Crippen LogP contribution >= 0.6 is 0 Å². The summed E-state index contributed by atoms with van der Waals surface area (Å²) in [6.45, 7) is 5.92. The Labute approximate surface area is 134 Å². The van der Waals surface area contributed by atoms with Crippen molar-refractivity contribution in [3.8, 4) is 0 Å². The number of benzene rings is 1. The van der Waals surface area contributed by atoms with Gasteiger partial charge in [0.15, 0.2) is 0 Å². The Hall–Kier alpha value is -2.56. The molecule has 1 aromatic heterocycles. The molecular formula is C18H19N3O2. The minimum atomic E-state index is -0.393. The minimum Gasteiger partial charge on any atom is -0.346 e. The molecule has 0 bridgehead atoms. The molecule has 2 unspecified atom stereocenters. The highest BCUT2D eigenvalue weighted by atomic mass is 16.2. The van der Waals surface area contributed by atoms with Crippen molar-refractivity contribution in [2.24, 2.45) is 7.05 Å². The molecule has 0 radical (unpaired) electrons. The molecule has 0 saturated carbocycles. The van der Waals surface area contributed by atoms with Crippen molar-refractivity contribution < 1.29 is 9.59 Å². The monoisotopic (exact) mass is 309 g/mol. The van der Waals surface area contributed by atoms with E-state index in [4.69, 9.17) is 0 Å². The number of hydrogen-bond acceptors (Lipinski definition) is 2. The minimum absolute atomic E-state index is 0.111. The molecule has 1 saturated heterocycles. The van der Waals surface area contributed by atoms with Crippen LogP contribution in [-0.4, -0.2) is 38.9 Å². The van der Waals surface area contributed by atoms with Gasteiger partial charge in [-0.15, -0.1) is 6.58 Å². The molecule has 2 aliphatic rings. The summed E-state index contributed by atoms with van der Waals surface area (Å²) in [6, 6.07) is 7.50. The molecule has 3 amide bonds. The number of aromatic nitrogens is 1.